The van der Waals surface area contributed by atoms with Gasteiger partial charge in [-0.2, -0.15) is 0 Å². The lowest BCUT2D eigenvalue weighted by atomic mass is 10.3. The summed E-state index contributed by atoms with van der Waals surface area (Å²) in [6.07, 6.45) is 9.01. The predicted octanol–water partition coefficient (Wildman–Crippen LogP) is 2.18. The normalized spacial score (nSPS) is 20.1. The van der Waals surface area contributed by atoms with Crippen molar-refractivity contribution < 1.29 is 0 Å². The SMILES string of the molecule is C=C1/N=C\C=C/CSc2cncnc21. The monoisotopic (exact) mass is 203 g/mol. The lowest BCUT2D eigenvalue weighted by molar-refractivity contribution is 1.06. The summed E-state index contributed by atoms with van der Waals surface area (Å²) >= 11 is 1.69. The number of aliphatic imine (C=N–C) groups is 1. The molecule has 0 amide bonds. The van der Waals surface area contributed by atoms with Crippen molar-refractivity contribution in [2.75, 3.05) is 5.75 Å². The summed E-state index contributed by atoms with van der Waals surface area (Å²) in [7, 11) is 0. The van der Waals surface area contributed by atoms with Gasteiger partial charge in [-0.15, -0.1) is 11.8 Å². The van der Waals surface area contributed by atoms with E-state index in [2.05, 4.69) is 21.5 Å². The minimum Gasteiger partial charge on any atom is -0.255 e. The molecule has 2 rings (SSSR count). The highest BCUT2D eigenvalue weighted by molar-refractivity contribution is 7.99. The quantitative estimate of drug-likeness (QED) is 0.648. The Morgan fingerprint density at radius 2 is 2.36 bits per heavy atom. The molecule has 0 N–H and O–H groups in total. The molecule has 0 unspecified atom stereocenters. The topological polar surface area (TPSA) is 38.1 Å². The average Bonchev–Trinajstić information content (AvgIpc) is 2.30. The molecule has 0 aromatic carbocycles. The number of allylic oxidation sites excluding steroid dienone is 1. The van der Waals surface area contributed by atoms with E-state index >= 15 is 0 Å². The molecule has 0 radical (unpaired) electrons. The summed E-state index contributed by atoms with van der Waals surface area (Å²) < 4.78 is 0. The van der Waals surface area contributed by atoms with Gasteiger partial charge in [-0.3, -0.25) is 4.99 Å². The van der Waals surface area contributed by atoms with Crippen molar-refractivity contribution in [3.05, 3.63) is 36.9 Å². The van der Waals surface area contributed by atoms with Crippen LogP contribution in [-0.4, -0.2) is 21.9 Å². The molecule has 1 aliphatic heterocycles. The molecule has 1 aromatic heterocycles. The molecule has 1 aromatic rings. The van der Waals surface area contributed by atoms with Gasteiger partial charge in [-0.25, -0.2) is 9.97 Å². The highest BCUT2D eigenvalue weighted by atomic mass is 32.2. The lowest BCUT2D eigenvalue weighted by Crippen LogP contribution is -1.91. The number of fused-ring (bicyclic) bond motifs is 1. The molecule has 0 bridgehead atoms. The third kappa shape index (κ3) is 1.90. The van der Waals surface area contributed by atoms with E-state index in [1.165, 1.54) is 6.33 Å². The Balaban J connectivity index is 2.45. The summed E-state index contributed by atoms with van der Waals surface area (Å²) in [6, 6.07) is 0. The standard InChI is InChI=1S/C10H9N3S/c1-8-10-9(6-11-7-13-10)14-5-3-2-4-12-8/h2-4,6-7H,1,5H2/b3-2-,12-4-. The molecule has 0 atom stereocenters. The molecule has 2 heterocycles. The van der Waals surface area contributed by atoms with Crippen molar-refractivity contribution in [2.24, 2.45) is 4.99 Å². The van der Waals surface area contributed by atoms with Gasteiger partial charge in [0.05, 0.1) is 10.6 Å². The van der Waals surface area contributed by atoms with E-state index in [0.29, 0.717) is 5.70 Å². The van der Waals surface area contributed by atoms with Gasteiger partial charge in [-0.05, 0) is 6.08 Å². The van der Waals surface area contributed by atoms with Gasteiger partial charge in [0.2, 0.25) is 0 Å². The molecule has 0 fully saturated rings. The van der Waals surface area contributed by atoms with Crippen molar-refractivity contribution in [1.82, 2.24) is 9.97 Å². The van der Waals surface area contributed by atoms with Gasteiger partial charge in [0.15, 0.2) is 0 Å². The Morgan fingerprint density at radius 3 is 3.29 bits per heavy atom. The van der Waals surface area contributed by atoms with Crippen LogP contribution in [0.25, 0.3) is 5.70 Å². The van der Waals surface area contributed by atoms with Crippen molar-refractivity contribution in [2.45, 2.75) is 4.90 Å². The third-order valence-corrected chi connectivity index (χ3v) is 2.71. The number of aromatic nitrogens is 2. The minimum absolute atomic E-state index is 0.682. The maximum Gasteiger partial charge on any atom is 0.116 e. The second-order valence-electron chi connectivity index (χ2n) is 2.70. The molecule has 0 saturated heterocycles. The van der Waals surface area contributed by atoms with E-state index in [1.54, 1.807) is 24.2 Å². The molecule has 0 saturated carbocycles. The van der Waals surface area contributed by atoms with Crippen LogP contribution in [0.5, 0.6) is 0 Å². The zero-order valence-corrected chi connectivity index (χ0v) is 8.37. The second-order valence-corrected chi connectivity index (χ2v) is 3.76. The van der Waals surface area contributed by atoms with E-state index in [-0.39, 0.29) is 0 Å². The van der Waals surface area contributed by atoms with E-state index in [0.717, 1.165) is 16.3 Å². The van der Waals surface area contributed by atoms with Crippen LogP contribution < -0.4 is 0 Å². The fourth-order valence-corrected chi connectivity index (χ4v) is 1.92. The average molecular weight is 203 g/mol. The van der Waals surface area contributed by atoms with Crippen LogP contribution in [0.2, 0.25) is 0 Å². The number of hydrogen-bond acceptors (Lipinski definition) is 4. The maximum absolute atomic E-state index is 4.18. The predicted molar refractivity (Wildman–Crippen MR) is 59.4 cm³/mol. The van der Waals surface area contributed by atoms with Crippen molar-refractivity contribution >= 4 is 23.7 Å². The second kappa shape index (κ2) is 4.19. The smallest absolute Gasteiger partial charge is 0.116 e. The summed E-state index contributed by atoms with van der Waals surface area (Å²) in [5.74, 6) is 0.902. The number of hydrogen-bond donors (Lipinski definition) is 0. The van der Waals surface area contributed by atoms with Gasteiger partial charge >= 0.3 is 0 Å². The van der Waals surface area contributed by atoms with Gasteiger partial charge < -0.3 is 0 Å². The summed E-state index contributed by atoms with van der Waals surface area (Å²) in [6.45, 7) is 3.86. The molecule has 3 nitrogen and oxygen atoms in total. The van der Waals surface area contributed by atoms with Crippen LogP contribution in [0.15, 0.2) is 41.1 Å². The molecule has 14 heavy (non-hydrogen) atoms. The van der Waals surface area contributed by atoms with Crippen LogP contribution in [0.4, 0.5) is 0 Å². The minimum atomic E-state index is 0.682. The number of rotatable bonds is 0. The summed E-state index contributed by atoms with van der Waals surface area (Å²) in [4.78, 5) is 13.4. The lowest BCUT2D eigenvalue weighted by Gasteiger charge is -2.03. The first kappa shape index (κ1) is 9.15. The van der Waals surface area contributed by atoms with Gasteiger partial charge in [0.1, 0.15) is 12.0 Å². The highest BCUT2D eigenvalue weighted by Gasteiger charge is 2.07. The zero-order valence-electron chi connectivity index (χ0n) is 7.55. The molecule has 1 aliphatic rings. The van der Waals surface area contributed by atoms with Crippen LogP contribution >= 0.6 is 11.8 Å². The summed E-state index contributed by atoms with van der Waals surface area (Å²) in [5.41, 5.74) is 1.51. The zero-order chi connectivity index (χ0) is 9.80. The van der Waals surface area contributed by atoms with Crippen molar-refractivity contribution in [3.63, 3.8) is 0 Å². The largest absolute Gasteiger partial charge is 0.255 e. The first-order chi connectivity index (χ1) is 6.88. The number of nitrogens with zero attached hydrogens (tertiary/aromatic N) is 3. The Hall–Kier alpha value is -1.42. The molecule has 0 spiro atoms. The van der Waals surface area contributed by atoms with Crippen LogP contribution in [0.1, 0.15) is 5.69 Å². The Labute approximate surface area is 86.7 Å². The van der Waals surface area contributed by atoms with Gasteiger partial charge in [-0.1, -0.05) is 12.7 Å². The van der Waals surface area contributed by atoms with E-state index in [4.69, 9.17) is 0 Å². The first-order valence-corrected chi connectivity index (χ1v) is 5.18. The fraction of sp³-hybridized carbons (Fsp3) is 0.100. The number of thioether (sulfide) groups is 1. The van der Waals surface area contributed by atoms with Crippen LogP contribution in [0, 0.1) is 0 Å². The Morgan fingerprint density at radius 1 is 1.43 bits per heavy atom. The van der Waals surface area contributed by atoms with Crippen LogP contribution in [-0.2, 0) is 0 Å². The van der Waals surface area contributed by atoms with Crippen molar-refractivity contribution in [3.8, 4) is 0 Å². The van der Waals surface area contributed by atoms with Crippen LogP contribution in [0.3, 0.4) is 0 Å². The van der Waals surface area contributed by atoms with E-state index in [1.807, 2.05) is 12.2 Å². The first-order valence-electron chi connectivity index (χ1n) is 4.19. The molecular weight excluding hydrogens is 194 g/mol. The molecular formula is C10H9N3S. The Bertz CT molecular complexity index is 410. The van der Waals surface area contributed by atoms with Gasteiger partial charge in [0.25, 0.3) is 0 Å². The van der Waals surface area contributed by atoms with E-state index in [9.17, 15) is 0 Å². The molecule has 0 aliphatic carbocycles. The maximum atomic E-state index is 4.18. The third-order valence-electron chi connectivity index (χ3n) is 1.74. The molecule has 4 heteroatoms. The summed E-state index contributed by atoms with van der Waals surface area (Å²) in [5, 5.41) is 0. The van der Waals surface area contributed by atoms with Gasteiger partial charge in [0, 0.05) is 18.2 Å². The van der Waals surface area contributed by atoms with E-state index < -0.39 is 0 Å². The Kier molecular flexibility index (Phi) is 2.74. The fourth-order valence-electron chi connectivity index (χ4n) is 1.09. The highest BCUT2D eigenvalue weighted by Crippen LogP contribution is 2.25. The van der Waals surface area contributed by atoms with Crippen molar-refractivity contribution in [1.29, 1.82) is 0 Å². The molecule has 70 valence electrons.